The molecule has 0 atom stereocenters. The van der Waals surface area contributed by atoms with Crippen molar-refractivity contribution in [3.8, 4) is 0 Å². The first-order valence-electron chi connectivity index (χ1n) is 8.45. The van der Waals surface area contributed by atoms with Gasteiger partial charge in [-0.15, -0.1) is 0 Å². The molecule has 0 unspecified atom stereocenters. The molecule has 5 nitrogen and oxygen atoms in total. The van der Waals surface area contributed by atoms with Crippen LogP contribution in [0.2, 0.25) is 0 Å². The number of amides is 1. The van der Waals surface area contributed by atoms with Gasteiger partial charge in [-0.25, -0.2) is 4.79 Å². The van der Waals surface area contributed by atoms with Crippen LogP contribution in [0.25, 0.3) is 21.9 Å². The van der Waals surface area contributed by atoms with E-state index < -0.39 is 5.63 Å². The van der Waals surface area contributed by atoms with Gasteiger partial charge in [0.15, 0.2) is 0 Å². The summed E-state index contributed by atoms with van der Waals surface area (Å²) in [6.07, 6.45) is 0.0166. The quantitative estimate of drug-likeness (QED) is 0.735. The summed E-state index contributed by atoms with van der Waals surface area (Å²) in [5.74, 6) is 0.669. The molecular weight excluding hydrogens is 318 g/mol. The Morgan fingerprint density at radius 1 is 1.00 bits per heavy atom. The zero-order valence-corrected chi connectivity index (χ0v) is 15.5. The molecule has 25 heavy (non-hydrogen) atoms. The van der Waals surface area contributed by atoms with E-state index in [2.05, 4.69) is 5.32 Å². The summed E-state index contributed by atoms with van der Waals surface area (Å²) in [6.45, 7) is 11.5. The van der Waals surface area contributed by atoms with Crippen LogP contribution in [0.1, 0.15) is 41.9 Å². The Hall–Kier alpha value is -2.56. The van der Waals surface area contributed by atoms with Gasteiger partial charge in [-0.3, -0.25) is 4.79 Å². The smallest absolute Gasteiger partial charge is 0.340 e. The van der Waals surface area contributed by atoms with Gasteiger partial charge in [-0.1, -0.05) is 0 Å². The maximum absolute atomic E-state index is 12.5. The molecule has 0 aliphatic carbocycles. The third-order valence-corrected chi connectivity index (χ3v) is 4.73. The van der Waals surface area contributed by atoms with Crippen molar-refractivity contribution in [1.29, 1.82) is 0 Å². The first kappa shape index (κ1) is 17.3. The van der Waals surface area contributed by atoms with E-state index in [4.69, 9.17) is 8.83 Å². The monoisotopic (exact) mass is 341 g/mol. The Bertz CT molecular complexity index is 1050. The molecule has 2 heterocycles. The van der Waals surface area contributed by atoms with Crippen molar-refractivity contribution in [3.63, 3.8) is 0 Å². The first-order chi connectivity index (χ1) is 11.7. The minimum atomic E-state index is -0.466. The van der Waals surface area contributed by atoms with Crippen LogP contribution in [0.15, 0.2) is 19.7 Å². The lowest BCUT2D eigenvalue weighted by atomic mass is 9.98. The predicted octanol–water partition coefficient (Wildman–Crippen LogP) is 3.84. The summed E-state index contributed by atoms with van der Waals surface area (Å²) < 4.78 is 11.4. The van der Waals surface area contributed by atoms with Crippen LogP contribution in [0.5, 0.6) is 0 Å². The molecule has 0 radical (unpaired) electrons. The van der Waals surface area contributed by atoms with E-state index in [1.54, 1.807) is 0 Å². The van der Waals surface area contributed by atoms with Crippen LogP contribution in [0.4, 0.5) is 0 Å². The van der Waals surface area contributed by atoms with Crippen molar-refractivity contribution in [2.45, 2.75) is 54.0 Å². The summed E-state index contributed by atoms with van der Waals surface area (Å²) >= 11 is 0. The fraction of sp³-hybridized carbons (Fsp3) is 0.400. The van der Waals surface area contributed by atoms with E-state index in [0.717, 1.165) is 38.8 Å². The highest BCUT2D eigenvalue weighted by Gasteiger charge is 2.20. The molecule has 0 fully saturated rings. The Kier molecular flexibility index (Phi) is 4.19. The molecule has 2 aromatic heterocycles. The van der Waals surface area contributed by atoms with E-state index in [0.29, 0.717) is 11.1 Å². The summed E-state index contributed by atoms with van der Waals surface area (Å²) in [6, 6.07) is 2.02. The molecule has 0 bridgehead atoms. The predicted molar refractivity (Wildman–Crippen MR) is 98.2 cm³/mol. The maximum atomic E-state index is 12.5. The van der Waals surface area contributed by atoms with Crippen molar-refractivity contribution in [1.82, 2.24) is 5.32 Å². The van der Waals surface area contributed by atoms with E-state index in [1.807, 2.05) is 47.6 Å². The minimum absolute atomic E-state index is 0.0166. The van der Waals surface area contributed by atoms with Crippen LogP contribution in [0.3, 0.4) is 0 Å². The second-order valence-corrected chi connectivity index (χ2v) is 6.93. The molecule has 0 aliphatic heterocycles. The number of benzene rings is 1. The number of hydrogen-bond acceptors (Lipinski definition) is 4. The highest BCUT2D eigenvalue weighted by atomic mass is 16.4. The molecule has 0 aliphatic rings. The molecule has 0 saturated heterocycles. The van der Waals surface area contributed by atoms with Crippen molar-refractivity contribution >= 4 is 27.8 Å². The second kappa shape index (κ2) is 6.06. The molecule has 0 spiro atoms. The van der Waals surface area contributed by atoms with E-state index in [-0.39, 0.29) is 18.4 Å². The van der Waals surface area contributed by atoms with Crippen molar-refractivity contribution < 1.29 is 13.6 Å². The SMILES string of the molecule is Cc1oc2c(C)c3oc(=O)c(CC(=O)NC(C)C)c(C)c3cc2c1C. The largest absolute Gasteiger partial charge is 0.461 e. The molecule has 1 N–H and O–H groups in total. The lowest BCUT2D eigenvalue weighted by Crippen LogP contribution is -2.33. The van der Waals surface area contributed by atoms with Gasteiger partial charge >= 0.3 is 5.63 Å². The van der Waals surface area contributed by atoms with E-state index in [1.165, 1.54) is 0 Å². The Balaban J connectivity index is 2.25. The van der Waals surface area contributed by atoms with Gasteiger partial charge in [-0.05, 0) is 58.7 Å². The van der Waals surface area contributed by atoms with Gasteiger partial charge in [0.05, 0.1) is 12.0 Å². The van der Waals surface area contributed by atoms with Gasteiger partial charge in [0, 0.05) is 22.4 Å². The third kappa shape index (κ3) is 2.84. The second-order valence-electron chi connectivity index (χ2n) is 6.93. The third-order valence-electron chi connectivity index (χ3n) is 4.73. The van der Waals surface area contributed by atoms with Crippen LogP contribution in [-0.4, -0.2) is 11.9 Å². The lowest BCUT2D eigenvalue weighted by molar-refractivity contribution is -0.120. The minimum Gasteiger partial charge on any atom is -0.461 e. The van der Waals surface area contributed by atoms with Gasteiger partial charge in [0.25, 0.3) is 0 Å². The molecule has 1 aromatic carbocycles. The number of hydrogen-bond donors (Lipinski definition) is 1. The average Bonchev–Trinajstić information content (AvgIpc) is 2.80. The highest BCUT2D eigenvalue weighted by molar-refractivity contribution is 6.00. The molecule has 3 rings (SSSR count). The molecular formula is C20H23NO4. The molecule has 132 valence electrons. The van der Waals surface area contributed by atoms with E-state index in [9.17, 15) is 9.59 Å². The fourth-order valence-electron chi connectivity index (χ4n) is 3.23. The lowest BCUT2D eigenvalue weighted by Gasteiger charge is -2.11. The van der Waals surface area contributed by atoms with Crippen molar-refractivity contribution in [2.24, 2.45) is 0 Å². The Morgan fingerprint density at radius 2 is 1.60 bits per heavy atom. The van der Waals surface area contributed by atoms with Gasteiger partial charge in [0.1, 0.15) is 16.9 Å². The van der Waals surface area contributed by atoms with Crippen molar-refractivity contribution in [3.05, 3.63) is 44.5 Å². The topological polar surface area (TPSA) is 72.5 Å². The molecule has 5 heteroatoms. The molecule has 0 saturated carbocycles. The molecule has 3 aromatic rings. The summed E-state index contributed by atoms with van der Waals surface area (Å²) in [5, 5.41) is 4.67. The zero-order valence-electron chi connectivity index (χ0n) is 15.5. The number of rotatable bonds is 3. The summed E-state index contributed by atoms with van der Waals surface area (Å²) in [7, 11) is 0. The highest BCUT2D eigenvalue weighted by Crippen LogP contribution is 2.34. The van der Waals surface area contributed by atoms with E-state index >= 15 is 0 Å². The van der Waals surface area contributed by atoms with Crippen LogP contribution >= 0.6 is 0 Å². The van der Waals surface area contributed by atoms with Gasteiger partial charge in [-0.2, -0.15) is 0 Å². The van der Waals surface area contributed by atoms with Crippen LogP contribution < -0.4 is 10.9 Å². The average molecular weight is 341 g/mol. The number of fused-ring (bicyclic) bond motifs is 2. The fourth-order valence-corrected chi connectivity index (χ4v) is 3.23. The van der Waals surface area contributed by atoms with Crippen LogP contribution in [-0.2, 0) is 11.2 Å². The number of carbonyl (C=O) groups is 1. The Labute approximate surface area is 146 Å². The number of furan rings is 1. The van der Waals surface area contributed by atoms with Gasteiger partial charge < -0.3 is 14.2 Å². The summed E-state index contributed by atoms with van der Waals surface area (Å²) in [4.78, 5) is 24.6. The number of nitrogens with one attached hydrogen (secondary N) is 1. The normalized spacial score (nSPS) is 11.6. The maximum Gasteiger partial charge on any atom is 0.340 e. The molecule has 1 amide bonds. The number of carbonyl (C=O) groups excluding carboxylic acids is 1. The van der Waals surface area contributed by atoms with Crippen LogP contribution in [0, 0.1) is 27.7 Å². The zero-order chi connectivity index (χ0) is 18.5. The van der Waals surface area contributed by atoms with Crippen molar-refractivity contribution in [2.75, 3.05) is 0 Å². The number of aryl methyl sites for hydroxylation is 4. The summed E-state index contributed by atoms with van der Waals surface area (Å²) in [5.41, 5.74) is 3.88. The first-order valence-corrected chi connectivity index (χ1v) is 8.45. The Morgan fingerprint density at radius 3 is 2.24 bits per heavy atom. The standard InChI is InChI=1S/C20H23NO4/c1-9(2)21-17(22)8-16-11(4)15-7-14-10(3)13(6)24-18(14)12(5)19(15)25-20(16)23/h7,9H,8H2,1-6H3,(H,21,22). The van der Waals surface area contributed by atoms with Gasteiger partial charge in [0.2, 0.25) is 5.91 Å².